The van der Waals surface area contributed by atoms with Gasteiger partial charge >= 0.3 is 0 Å². The number of aryl methyl sites for hydroxylation is 1. The maximum atomic E-state index is 12.7. The van der Waals surface area contributed by atoms with E-state index in [2.05, 4.69) is 10.2 Å². The zero-order valence-corrected chi connectivity index (χ0v) is 17.4. The molecular formula is C22H26N4O4. The summed E-state index contributed by atoms with van der Waals surface area (Å²) in [5.41, 5.74) is 2.34. The normalized spacial score (nSPS) is 14.0. The quantitative estimate of drug-likeness (QED) is 0.602. The molecule has 0 spiro atoms. The van der Waals surface area contributed by atoms with Crippen LogP contribution in [0.4, 0.5) is 17.1 Å². The molecule has 1 aliphatic heterocycles. The molecule has 0 aliphatic carbocycles. The number of carbonyl (C=O) groups is 2. The largest absolute Gasteiger partial charge is 0.366 e. The highest BCUT2D eigenvalue weighted by atomic mass is 16.6. The topological polar surface area (TPSA) is 95.8 Å². The van der Waals surface area contributed by atoms with Crippen LogP contribution in [0.15, 0.2) is 42.5 Å². The number of carbonyl (C=O) groups excluding carboxylic acids is 2. The second kappa shape index (κ2) is 8.94. The average molecular weight is 410 g/mol. The van der Waals surface area contributed by atoms with Crippen LogP contribution in [0.1, 0.15) is 29.8 Å². The molecule has 158 valence electrons. The zero-order chi connectivity index (χ0) is 21.8. The SMILES string of the molecule is Cc1cc(C(=O)Nc2ccccc2N2CCN(C(=O)C(C)C)CC2)ccc1[N+](=O)[O-]. The number of nitro benzene ring substituents is 1. The molecule has 2 aromatic carbocycles. The molecule has 30 heavy (non-hydrogen) atoms. The van der Waals surface area contributed by atoms with Gasteiger partial charge in [-0.2, -0.15) is 0 Å². The number of nitrogens with one attached hydrogen (secondary N) is 1. The smallest absolute Gasteiger partial charge is 0.272 e. The van der Waals surface area contributed by atoms with Gasteiger partial charge in [-0.1, -0.05) is 26.0 Å². The Balaban J connectivity index is 1.73. The molecule has 0 unspecified atom stereocenters. The summed E-state index contributed by atoms with van der Waals surface area (Å²) in [7, 11) is 0. The number of hydrogen-bond acceptors (Lipinski definition) is 5. The van der Waals surface area contributed by atoms with Crippen molar-refractivity contribution in [1.82, 2.24) is 4.90 Å². The van der Waals surface area contributed by atoms with E-state index < -0.39 is 4.92 Å². The van der Waals surface area contributed by atoms with E-state index in [1.807, 2.05) is 43.0 Å². The van der Waals surface area contributed by atoms with Crippen LogP contribution in [-0.4, -0.2) is 47.8 Å². The fourth-order valence-electron chi connectivity index (χ4n) is 3.58. The minimum Gasteiger partial charge on any atom is -0.366 e. The molecule has 2 aromatic rings. The minimum absolute atomic E-state index is 0.0132. The molecule has 8 heteroatoms. The number of rotatable bonds is 5. The zero-order valence-electron chi connectivity index (χ0n) is 17.4. The number of amides is 2. The van der Waals surface area contributed by atoms with Crippen LogP contribution >= 0.6 is 0 Å². The van der Waals surface area contributed by atoms with Crippen molar-refractivity contribution >= 4 is 28.9 Å². The first-order valence-corrected chi connectivity index (χ1v) is 9.97. The van der Waals surface area contributed by atoms with Crippen LogP contribution < -0.4 is 10.2 Å². The van der Waals surface area contributed by atoms with Crippen molar-refractivity contribution in [1.29, 1.82) is 0 Å². The molecular weight excluding hydrogens is 384 g/mol. The van der Waals surface area contributed by atoms with Gasteiger partial charge in [0.2, 0.25) is 5.91 Å². The third-order valence-electron chi connectivity index (χ3n) is 5.23. The van der Waals surface area contributed by atoms with Gasteiger partial charge in [0.1, 0.15) is 0 Å². The summed E-state index contributed by atoms with van der Waals surface area (Å²) >= 11 is 0. The van der Waals surface area contributed by atoms with Crippen LogP contribution in [0.2, 0.25) is 0 Å². The molecule has 0 bridgehead atoms. The van der Waals surface area contributed by atoms with Crippen molar-refractivity contribution in [2.45, 2.75) is 20.8 Å². The number of piperazine rings is 1. The number of anilines is 2. The van der Waals surface area contributed by atoms with Gasteiger partial charge in [-0.15, -0.1) is 0 Å². The molecule has 0 saturated carbocycles. The molecule has 2 amide bonds. The maximum Gasteiger partial charge on any atom is 0.272 e. The van der Waals surface area contributed by atoms with Crippen LogP contribution in [0.3, 0.4) is 0 Å². The van der Waals surface area contributed by atoms with Crippen molar-refractivity contribution in [3.8, 4) is 0 Å². The molecule has 0 radical (unpaired) electrons. The van der Waals surface area contributed by atoms with E-state index in [0.29, 0.717) is 43.0 Å². The van der Waals surface area contributed by atoms with Crippen LogP contribution in [0.25, 0.3) is 0 Å². The molecule has 1 saturated heterocycles. The van der Waals surface area contributed by atoms with Crippen molar-refractivity contribution in [2.75, 3.05) is 36.4 Å². The van der Waals surface area contributed by atoms with E-state index in [9.17, 15) is 19.7 Å². The Kier molecular flexibility index (Phi) is 6.34. The third-order valence-corrected chi connectivity index (χ3v) is 5.23. The van der Waals surface area contributed by atoms with Gasteiger partial charge in [0.05, 0.1) is 16.3 Å². The summed E-state index contributed by atoms with van der Waals surface area (Å²) in [6.07, 6.45) is 0. The maximum absolute atomic E-state index is 12.7. The molecule has 8 nitrogen and oxygen atoms in total. The van der Waals surface area contributed by atoms with E-state index in [0.717, 1.165) is 5.69 Å². The Morgan fingerprint density at radius 2 is 1.73 bits per heavy atom. The van der Waals surface area contributed by atoms with Gasteiger partial charge in [0.25, 0.3) is 11.6 Å². The van der Waals surface area contributed by atoms with Gasteiger partial charge in [0.15, 0.2) is 0 Å². The predicted molar refractivity (Wildman–Crippen MR) is 116 cm³/mol. The Morgan fingerprint density at radius 3 is 2.33 bits per heavy atom. The standard InChI is InChI=1S/C22H26N4O4/c1-15(2)22(28)25-12-10-24(11-13-25)20-7-5-4-6-18(20)23-21(27)17-8-9-19(26(29)30)16(3)14-17/h4-9,14-15H,10-13H2,1-3H3,(H,23,27). The van der Waals surface area contributed by atoms with Gasteiger partial charge in [-0.3, -0.25) is 19.7 Å². The Bertz CT molecular complexity index is 965. The summed E-state index contributed by atoms with van der Waals surface area (Å²) in [6.45, 7) is 8.06. The number of benzene rings is 2. The molecule has 0 aromatic heterocycles. The Morgan fingerprint density at radius 1 is 1.07 bits per heavy atom. The van der Waals surface area contributed by atoms with E-state index >= 15 is 0 Å². The summed E-state index contributed by atoms with van der Waals surface area (Å²) < 4.78 is 0. The number of nitrogens with zero attached hydrogens (tertiary/aromatic N) is 3. The van der Waals surface area contributed by atoms with E-state index in [1.54, 1.807) is 6.92 Å². The van der Waals surface area contributed by atoms with E-state index in [1.165, 1.54) is 18.2 Å². The molecule has 1 heterocycles. The lowest BCUT2D eigenvalue weighted by molar-refractivity contribution is -0.385. The lowest BCUT2D eigenvalue weighted by Crippen LogP contribution is -2.50. The highest BCUT2D eigenvalue weighted by molar-refractivity contribution is 6.06. The lowest BCUT2D eigenvalue weighted by Gasteiger charge is -2.37. The van der Waals surface area contributed by atoms with Crippen molar-refractivity contribution < 1.29 is 14.5 Å². The molecule has 1 fully saturated rings. The monoisotopic (exact) mass is 410 g/mol. The first-order valence-electron chi connectivity index (χ1n) is 9.97. The van der Waals surface area contributed by atoms with Crippen molar-refractivity contribution in [3.05, 3.63) is 63.7 Å². The predicted octanol–water partition coefficient (Wildman–Crippen LogP) is 3.46. The molecule has 0 atom stereocenters. The van der Waals surface area contributed by atoms with E-state index in [4.69, 9.17) is 0 Å². The number of nitro groups is 1. The second-order valence-electron chi connectivity index (χ2n) is 7.70. The van der Waals surface area contributed by atoms with Crippen LogP contribution in [0, 0.1) is 23.0 Å². The molecule has 1 N–H and O–H groups in total. The van der Waals surface area contributed by atoms with Crippen LogP contribution in [0.5, 0.6) is 0 Å². The van der Waals surface area contributed by atoms with E-state index in [-0.39, 0.29) is 23.4 Å². The summed E-state index contributed by atoms with van der Waals surface area (Å²) in [5.74, 6) is -0.188. The third kappa shape index (κ3) is 4.59. The van der Waals surface area contributed by atoms with Gasteiger partial charge in [-0.25, -0.2) is 0 Å². The van der Waals surface area contributed by atoms with Crippen LogP contribution in [-0.2, 0) is 4.79 Å². The first-order chi connectivity index (χ1) is 14.3. The Labute approximate surface area is 175 Å². The summed E-state index contributed by atoms with van der Waals surface area (Å²) in [4.78, 5) is 39.5. The summed E-state index contributed by atoms with van der Waals surface area (Å²) in [5, 5.41) is 13.9. The fraction of sp³-hybridized carbons (Fsp3) is 0.364. The molecule has 1 aliphatic rings. The second-order valence-corrected chi connectivity index (χ2v) is 7.70. The Hall–Kier alpha value is -3.42. The van der Waals surface area contributed by atoms with Gasteiger partial charge in [-0.05, 0) is 31.2 Å². The first kappa shape index (κ1) is 21.3. The van der Waals surface area contributed by atoms with Gasteiger partial charge < -0.3 is 15.1 Å². The highest BCUT2D eigenvalue weighted by Gasteiger charge is 2.24. The fourth-order valence-corrected chi connectivity index (χ4v) is 3.58. The number of para-hydroxylation sites is 2. The lowest BCUT2D eigenvalue weighted by atomic mass is 10.1. The van der Waals surface area contributed by atoms with Gasteiger partial charge in [0, 0.05) is 49.3 Å². The summed E-state index contributed by atoms with van der Waals surface area (Å²) in [6, 6.07) is 11.9. The highest BCUT2D eigenvalue weighted by Crippen LogP contribution is 2.28. The number of hydrogen-bond donors (Lipinski definition) is 1. The van der Waals surface area contributed by atoms with Crippen molar-refractivity contribution in [2.24, 2.45) is 5.92 Å². The average Bonchev–Trinajstić information content (AvgIpc) is 2.73. The minimum atomic E-state index is -0.462. The molecule has 3 rings (SSSR count). The van der Waals surface area contributed by atoms with Crippen molar-refractivity contribution in [3.63, 3.8) is 0 Å².